The molecule has 1 aliphatic carbocycles. The maximum atomic E-state index is 14.6. The third-order valence-electron chi connectivity index (χ3n) is 5.78. The van der Waals surface area contributed by atoms with Crippen molar-refractivity contribution in [2.45, 2.75) is 51.0 Å². The van der Waals surface area contributed by atoms with Crippen molar-refractivity contribution in [3.8, 4) is 0 Å². The predicted octanol–water partition coefficient (Wildman–Crippen LogP) is 4.08. The highest BCUT2D eigenvalue weighted by molar-refractivity contribution is 5.79. The van der Waals surface area contributed by atoms with Crippen LogP contribution in [0.15, 0.2) is 24.5 Å². The minimum Gasteiger partial charge on any atom is -0.363 e. The Hall–Kier alpha value is -2.86. The molecule has 2 aromatic rings. The number of aromatic nitrogens is 2. The second-order valence-electron chi connectivity index (χ2n) is 8.16. The summed E-state index contributed by atoms with van der Waals surface area (Å²) in [7, 11) is 0. The van der Waals surface area contributed by atoms with Crippen LogP contribution in [0, 0.1) is 11.7 Å². The number of anilines is 1. The molecular formula is C22H23F5N4O3. The summed E-state index contributed by atoms with van der Waals surface area (Å²) in [6.07, 6.45) is -5.23. The summed E-state index contributed by atoms with van der Waals surface area (Å²) in [5, 5.41) is 5.53. The van der Waals surface area contributed by atoms with Crippen LogP contribution in [-0.2, 0) is 20.7 Å². The van der Waals surface area contributed by atoms with Gasteiger partial charge in [0.15, 0.2) is 6.29 Å². The van der Waals surface area contributed by atoms with Crippen molar-refractivity contribution in [3.63, 3.8) is 0 Å². The molecule has 2 fully saturated rings. The van der Waals surface area contributed by atoms with Crippen LogP contribution < -0.4 is 10.6 Å². The number of halogens is 5. The van der Waals surface area contributed by atoms with Gasteiger partial charge in [-0.3, -0.25) is 4.79 Å². The molecule has 12 heteroatoms. The van der Waals surface area contributed by atoms with Crippen LogP contribution in [0.25, 0.3) is 0 Å². The second kappa shape index (κ2) is 10.2. The number of carbonyl (C=O) groups is 1. The third-order valence-corrected chi connectivity index (χ3v) is 5.78. The highest BCUT2D eigenvalue weighted by Crippen LogP contribution is 2.37. The summed E-state index contributed by atoms with van der Waals surface area (Å²) in [6.45, 7) is 2.13. The fraction of sp³-hybridized carbons (Fsp3) is 0.500. The van der Waals surface area contributed by atoms with Crippen molar-refractivity contribution < 1.29 is 36.2 Å². The first kappa shape index (κ1) is 24.3. The molecule has 7 nitrogen and oxygen atoms in total. The minimum absolute atomic E-state index is 0.00156. The van der Waals surface area contributed by atoms with E-state index < -0.39 is 54.4 Å². The third kappa shape index (κ3) is 5.27. The van der Waals surface area contributed by atoms with Crippen molar-refractivity contribution in [1.82, 2.24) is 15.3 Å². The molecule has 1 aliphatic heterocycles. The Kier molecular flexibility index (Phi) is 7.27. The number of nitrogens with zero attached hydrogens (tertiary/aromatic N) is 2. The molecule has 0 spiro atoms. The van der Waals surface area contributed by atoms with Gasteiger partial charge in [-0.2, -0.15) is 0 Å². The number of ether oxygens (including phenoxy) is 2. The number of hydrogen-bond donors (Lipinski definition) is 2. The van der Waals surface area contributed by atoms with E-state index in [-0.39, 0.29) is 43.1 Å². The van der Waals surface area contributed by atoms with E-state index in [1.807, 2.05) is 0 Å². The summed E-state index contributed by atoms with van der Waals surface area (Å²) in [4.78, 5) is 20.8. The van der Waals surface area contributed by atoms with Crippen LogP contribution in [-0.4, -0.2) is 41.6 Å². The molecule has 0 bridgehead atoms. The summed E-state index contributed by atoms with van der Waals surface area (Å²) in [6, 6.07) is 2.36. The van der Waals surface area contributed by atoms with Gasteiger partial charge in [-0.25, -0.2) is 31.9 Å². The van der Waals surface area contributed by atoms with E-state index >= 15 is 0 Å². The molecule has 2 heterocycles. The topological polar surface area (TPSA) is 85.4 Å². The Labute approximate surface area is 192 Å². The van der Waals surface area contributed by atoms with Gasteiger partial charge >= 0.3 is 0 Å². The average molecular weight is 486 g/mol. The van der Waals surface area contributed by atoms with Crippen LogP contribution in [0.1, 0.15) is 54.5 Å². The normalized spacial score (nSPS) is 21.2. The number of benzene rings is 1. The maximum absolute atomic E-state index is 14.6. The van der Waals surface area contributed by atoms with E-state index in [0.717, 1.165) is 6.07 Å². The van der Waals surface area contributed by atoms with Gasteiger partial charge in [-0.1, -0.05) is 18.2 Å². The monoisotopic (exact) mass is 486 g/mol. The molecule has 1 saturated heterocycles. The van der Waals surface area contributed by atoms with Crippen LogP contribution in [0.2, 0.25) is 0 Å². The van der Waals surface area contributed by atoms with Crippen molar-refractivity contribution in [1.29, 1.82) is 0 Å². The van der Waals surface area contributed by atoms with Gasteiger partial charge in [0.25, 0.3) is 6.43 Å². The van der Waals surface area contributed by atoms with Gasteiger partial charge in [0.1, 0.15) is 18.0 Å². The van der Waals surface area contributed by atoms with Crippen molar-refractivity contribution in [2.75, 3.05) is 18.5 Å². The highest BCUT2D eigenvalue weighted by Gasteiger charge is 2.45. The zero-order chi connectivity index (χ0) is 24.4. The molecule has 2 N–H and O–H groups in total. The van der Waals surface area contributed by atoms with Gasteiger partial charge in [0.05, 0.1) is 42.5 Å². The number of hydrogen-bond acceptors (Lipinski definition) is 6. The predicted molar refractivity (Wildman–Crippen MR) is 110 cm³/mol. The molecular weight excluding hydrogens is 463 g/mol. The molecule has 184 valence electrons. The summed E-state index contributed by atoms with van der Waals surface area (Å²) in [5.74, 6) is -2.21. The van der Waals surface area contributed by atoms with Crippen molar-refractivity contribution >= 4 is 11.7 Å². The lowest BCUT2D eigenvalue weighted by molar-refractivity contribution is -0.120. The van der Waals surface area contributed by atoms with E-state index in [9.17, 15) is 26.7 Å². The van der Waals surface area contributed by atoms with E-state index in [1.165, 1.54) is 18.5 Å². The molecule has 1 saturated carbocycles. The first-order valence-electron chi connectivity index (χ1n) is 10.7. The lowest BCUT2D eigenvalue weighted by Crippen LogP contribution is -2.30. The maximum Gasteiger partial charge on any atom is 0.266 e. The van der Waals surface area contributed by atoms with Gasteiger partial charge in [0.2, 0.25) is 12.3 Å². The number of amides is 1. The number of alkyl halides is 4. The molecule has 0 unspecified atom stereocenters. The second-order valence-corrected chi connectivity index (χ2v) is 8.16. The molecule has 4 rings (SSSR count). The standard InChI is InChI=1S/C22H23F5N4O3/c1-10(11-3-2-4-12(18(11)23)19(24)25)30-21-17(22-33-5-6-34-22)15(28-9-29-21)8-16(32)31-14-7-13(14)20(26)27/h2-4,9-10,13-14,19-20,22H,5-8H2,1H3,(H,31,32)(H,28,29,30)/t10-,13+,14+/m1/s1. The van der Waals surface area contributed by atoms with Crippen LogP contribution in [0.4, 0.5) is 27.8 Å². The fourth-order valence-electron chi connectivity index (χ4n) is 3.88. The number of carbonyl (C=O) groups excluding carboxylic acids is 1. The van der Waals surface area contributed by atoms with Gasteiger partial charge in [0, 0.05) is 17.5 Å². The van der Waals surface area contributed by atoms with Gasteiger partial charge in [-0.15, -0.1) is 0 Å². The van der Waals surface area contributed by atoms with Crippen molar-refractivity contribution in [2.24, 2.45) is 5.92 Å². The Morgan fingerprint density at radius 1 is 1.15 bits per heavy atom. The smallest absolute Gasteiger partial charge is 0.266 e. The average Bonchev–Trinajstić information content (AvgIpc) is 3.34. The van der Waals surface area contributed by atoms with E-state index in [0.29, 0.717) is 5.56 Å². The van der Waals surface area contributed by atoms with Crippen LogP contribution in [0.5, 0.6) is 0 Å². The molecule has 2 aliphatic rings. The molecule has 1 aromatic carbocycles. The van der Waals surface area contributed by atoms with Gasteiger partial charge < -0.3 is 20.1 Å². The van der Waals surface area contributed by atoms with Crippen molar-refractivity contribution in [3.05, 3.63) is 52.7 Å². The Balaban J connectivity index is 1.57. The zero-order valence-electron chi connectivity index (χ0n) is 18.1. The van der Waals surface area contributed by atoms with E-state index in [1.54, 1.807) is 6.92 Å². The van der Waals surface area contributed by atoms with Crippen LogP contribution in [0.3, 0.4) is 0 Å². The largest absolute Gasteiger partial charge is 0.363 e. The Morgan fingerprint density at radius 3 is 2.50 bits per heavy atom. The molecule has 34 heavy (non-hydrogen) atoms. The van der Waals surface area contributed by atoms with E-state index in [4.69, 9.17) is 9.47 Å². The van der Waals surface area contributed by atoms with Gasteiger partial charge in [-0.05, 0) is 13.3 Å². The molecule has 0 radical (unpaired) electrons. The summed E-state index contributed by atoms with van der Waals surface area (Å²) < 4.78 is 77.5. The molecule has 1 amide bonds. The number of nitrogens with one attached hydrogen (secondary N) is 2. The zero-order valence-corrected chi connectivity index (χ0v) is 18.1. The first-order valence-corrected chi connectivity index (χ1v) is 10.7. The lowest BCUT2D eigenvalue weighted by atomic mass is 10.0. The minimum atomic E-state index is -2.97. The SMILES string of the molecule is C[C@@H](Nc1ncnc(CC(=O)N[C@H]2C[C@@H]2C(F)F)c1C1OCCO1)c1cccc(C(F)F)c1F. The fourth-order valence-corrected chi connectivity index (χ4v) is 3.88. The summed E-state index contributed by atoms with van der Waals surface area (Å²) in [5.41, 5.74) is -0.170. The summed E-state index contributed by atoms with van der Waals surface area (Å²) >= 11 is 0. The Morgan fingerprint density at radius 2 is 1.85 bits per heavy atom. The van der Waals surface area contributed by atoms with Crippen LogP contribution >= 0.6 is 0 Å². The molecule has 3 atom stereocenters. The quantitative estimate of drug-likeness (QED) is 0.520. The molecule has 1 aromatic heterocycles. The lowest BCUT2D eigenvalue weighted by Gasteiger charge is -2.22. The van der Waals surface area contributed by atoms with E-state index in [2.05, 4.69) is 20.6 Å². The highest BCUT2D eigenvalue weighted by atomic mass is 19.3. The number of rotatable bonds is 9. The first-order chi connectivity index (χ1) is 16.3. The Bertz CT molecular complexity index is 1040.